The molecule has 0 saturated carbocycles. The zero-order valence-electron chi connectivity index (χ0n) is 9.48. The number of nitrogens with zero attached hydrogens (tertiary/aromatic N) is 1. The highest BCUT2D eigenvalue weighted by molar-refractivity contribution is 5.79. The molecule has 0 spiro atoms. The average Bonchev–Trinajstić information content (AvgIpc) is 2.46. The van der Waals surface area contributed by atoms with Gasteiger partial charge in [-0.3, -0.25) is 9.89 Å². The highest BCUT2D eigenvalue weighted by atomic mass is 16.1. The van der Waals surface area contributed by atoms with E-state index in [0.29, 0.717) is 13.0 Å². The summed E-state index contributed by atoms with van der Waals surface area (Å²) in [5.74, 6) is 0.00519. The van der Waals surface area contributed by atoms with Crippen molar-refractivity contribution in [3.63, 3.8) is 0 Å². The molecular weight excluding hydrogens is 190 g/mol. The molecule has 1 amide bonds. The molecule has 0 radical (unpaired) electrons. The number of amides is 1. The topological polar surface area (TPSA) is 57.8 Å². The smallest absolute Gasteiger partial charge is 0.224 e. The van der Waals surface area contributed by atoms with Crippen molar-refractivity contribution in [3.8, 4) is 0 Å². The Labute approximate surface area is 89.8 Å². The number of aryl methyl sites for hydroxylation is 2. The first-order valence-electron chi connectivity index (χ1n) is 4.92. The SMILES string of the molecule is C=C(C)CNC(=O)Cc1c(C)n[nH]c1C. The number of nitrogens with one attached hydrogen (secondary N) is 2. The van der Waals surface area contributed by atoms with E-state index in [1.165, 1.54) is 0 Å². The molecule has 4 nitrogen and oxygen atoms in total. The lowest BCUT2D eigenvalue weighted by molar-refractivity contribution is -0.120. The van der Waals surface area contributed by atoms with Gasteiger partial charge in [0.1, 0.15) is 0 Å². The van der Waals surface area contributed by atoms with Crippen LogP contribution in [0.3, 0.4) is 0 Å². The Morgan fingerprint density at radius 2 is 2.20 bits per heavy atom. The fraction of sp³-hybridized carbons (Fsp3) is 0.455. The van der Waals surface area contributed by atoms with Crippen molar-refractivity contribution in [1.29, 1.82) is 0 Å². The molecule has 0 fully saturated rings. The maximum absolute atomic E-state index is 11.5. The normalized spacial score (nSPS) is 10.1. The lowest BCUT2D eigenvalue weighted by atomic mass is 10.1. The van der Waals surface area contributed by atoms with Crippen molar-refractivity contribution in [2.45, 2.75) is 27.2 Å². The van der Waals surface area contributed by atoms with Crippen LogP contribution < -0.4 is 5.32 Å². The van der Waals surface area contributed by atoms with Crippen LogP contribution in [0.25, 0.3) is 0 Å². The van der Waals surface area contributed by atoms with Crippen molar-refractivity contribution < 1.29 is 4.79 Å². The van der Waals surface area contributed by atoms with Crippen LogP contribution in [0, 0.1) is 13.8 Å². The lowest BCUT2D eigenvalue weighted by Crippen LogP contribution is -2.26. The molecule has 0 unspecified atom stereocenters. The number of aromatic amines is 1. The van der Waals surface area contributed by atoms with Crippen molar-refractivity contribution in [2.75, 3.05) is 6.54 Å². The number of hydrogen-bond acceptors (Lipinski definition) is 2. The van der Waals surface area contributed by atoms with Crippen LogP contribution in [0.4, 0.5) is 0 Å². The van der Waals surface area contributed by atoms with Crippen molar-refractivity contribution >= 4 is 5.91 Å². The third kappa shape index (κ3) is 3.23. The van der Waals surface area contributed by atoms with Crippen LogP contribution in [-0.2, 0) is 11.2 Å². The van der Waals surface area contributed by atoms with E-state index in [0.717, 1.165) is 22.5 Å². The molecule has 15 heavy (non-hydrogen) atoms. The highest BCUT2D eigenvalue weighted by Gasteiger charge is 2.10. The Bertz CT molecular complexity index is 360. The quantitative estimate of drug-likeness (QED) is 0.730. The number of rotatable bonds is 4. The monoisotopic (exact) mass is 207 g/mol. The predicted molar refractivity (Wildman–Crippen MR) is 59.6 cm³/mol. The predicted octanol–water partition coefficient (Wildman–Crippen LogP) is 1.26. The maximum atomic E-state index is 11.5. The third-order valence-electron chi connectivity index (χ3n) is 2.21. The standard InChI is InChI=1S/C11H17N3O/c1-7(2)6-12-11(15)5-10-8(3)13-14-9(10)4/h1,5-6H2,2-4H3,(H,12,15)(H,13,14). The first kappa shape index (κ1) is 11.5. The number of carbonyl (C=O) groups excluding carboxylic acids is 1. The highest BCUT2D eigenvalue weighted by Crippen LogP contribution is 2.09. The lowest BCUT2D eigenvalue weighted by Gasteiger charge is -2.04. The first-order valence-corrected chi connectivity index (χ1v) is 4.92. The van der Waals surface area contributed by atoms with E-state index in [1.54, 1.807) is 0 Å². The molecule has 82 valence electrons. The Morgan fingerprint density at radius 3 is 2.67 bits per heavy atom. The van der Waals surface area contributed by atoms with E-state index in [-0.39, 0.29) is 5.91 Å². The van der Waals surface area contributed by atoms with Gasteiger partial charge in [-0.2, -0.15) is 5.10 Å². The molecule has 4 heteroatoms. The number of hydrogen-bond donors (Lipinski definition) is 2. The summed E-state index contributed by atoms with van der Waals surface area (Å²) in [4.78, 5) is 11.5. The van der Waals surface area contributed by atoms with E-state index in [1.807, 2.05) is 20.8 Å². The Balaban J connectivity index is 2.55. The van der Waals surface area contributed by atoms with Crippen LogP contribution in [0.5, 0.6) is 0 Å². The summed E-state index contributed by atoms with van der Waals surface area (Å²) in [6.07, 6.45) is 0.376. The summed E-state index contributed by atoms with van der Waals surface area (Å²) in [5.41, 5.74) is 3.77. The molecule has 0 aliphatic carbocycles. The fourth-order valence-corrected chi connectivity index (χ4v) is 1.31. The van der Waals surface area contributed by atoms with Gasteiger partial charge in [0, 0.05) is 17.8 Å². The Morgan fingerprint density at radius 1 is 1.53 bits per heavy atom. The molecule has 2 N–H and O–H groups in total. The Kier molecular flexibility index (Phi) is 3.66. The molecule has 0 bridgehead atoms. The fourth-order valence-electron chi connectivity index (χ4n) is 1.31. The van der Waals surface area contributed by atoms with Crippen LogP contribution >= 0.6 is 0 Å². The second-order valence-corrected chi connectivity index (χ2v) is 3.82. The third-order valence-corrected chi connectivity index (χ3v) is 2.21. The van der Waals surface area contributed by atoms with Gasteiger partial charge in [0.15, 0.2) is 0 Å². The summed E-state index contributed by atoms with van der Waals surface area (Å²) >= 11 is 0. The molecule has 1 rings (SSSR count). The molecule has 0 aliphatic rings. The van der Waals surface area contributed by atoms with Gasteiger partial charge in [-0.05, 0) is 20.8 Å². The molecule has 0 aliphatic heterocycles. The first-order chi connectivity index (χ1) is 7.00. The van der Waals surface area contributed by atoms with Crippen LogP contribution in [0.2, 0.25) is 0 Å². The van der Waals surface area contributed by atoms with E-state index < -0.39 is 0 Å². The number of carbonyl (C=O) groups is 1. The van der Waals surface area contributed by atoms with Gasteiger partial charge in [0.05, 0.1) is 12.1 Å². The van der Waals surface area contributed by atoms with E-state index >= 15 is 0 Å². The van der Waals surface area contributed by atoms with Crippen molar-refractivity contribution in [3.05, 3.63) is 29.1 Å². The second-order valence-electron chi connectivity index (χ2n) is 3.82. The van der Waals surface area contributed by atoms with Crippen LogP contribution in [-0.4, -0.2) is 22.6 Å². The van der Waals surface area contributed by atoms with Gasteiger partial charge < -0.3 is 5.32 Å². The Hall–Kier alpha value is -1.58. The minimum atomic E-state index is 0.00519. The summed E-state index contributed by atoms with van der Waals surface area (Å²) < 4.78 is 0. The van der Waals surface area contributed by atoms with Gasteiger partial charge in [-0.1, -0.05) is 12.2 Å². The largest absolute Gasteiger partial charge is 0.352 e. The molecule has 0 aromatic carbocycles. The van der Waals surface area contributed by atoms with E-state index in [9.17, 15) is 4.79 Å². The molecule has 1 aromatic rings. The summed E-state index contributed by atoms with van der Waals surface area (Å²) in [6, 6.07) is 0. The molecule has 1 aromatic heterocycles. The van der Waals surface area contributed by atoms with Gasteiger partial charge in [-0.15, -0.1) is 0 Å². The zero-order chi connectivity index (χ0) is 11.4. The number of aromatic nitrogens is 2. The van der Waals surface area contributed by atoms with E-state index in [4.69, 9.17) is 0 Å². The summed E-state index contributed by atoms with van der Waals surface area (Å²) in [6.45, 7) is 9.96. The minimum Gasteiger partial charge on any atom is -0.352 e. The second kappa shape index (κ2) is 4.77. The van der Waals surface area contributed by atoms with Gasteiger partial charge in [-0.25, -0.2) is 0 Å². The van der Waals surface area contributed by atoms with Gasteiger partial charge in [0.25, 0.3) is 0 Å². The summed E-state index contributed by atoms with van der Waals surface area (Å²) in [5, 5.41) is 9.70. The molecule has 1 heterocycles. The van der Waals surface area contributed by atoms with Gasteiger partial charge in [0.2, 0.25) is 5.91 Å². The van der Waals surface area contributed by atoms with Crippen LogP contribution in [0.1, 0.15) is 23.9 Å². The summed E-state index contributed by atoms with van der Waals surface area (Å²) in [7, 11) is 0. The van der Waals surface area contributed by atoms with E-state index in [2.05, 4.69) is 22.1 Å². The zero-order valence-corrected chi connectivity index (χ0v) is 9.48. The van der Waals surface area contributed by atoms with Crippen LogP contribution in [0.15, 0.2) is 12.2 Å². The van der Waals surface area contributed by atoms with Crippen molar-refractivity contribution in [1.82, 2.24) is 15.5 Å². The van der Waals surface area contributed by atoms with Gasteiger partial charge >= 0.3 is 0 Å². The minimum absolute atomic E-state index is 0.00519. The number of H-pyrrole nitrogens is 1. The maximum Gasteiger partial charge on any atom is 0.224 e. The molecule has 0 saturated heterocycles. The van der Waals surface area contributed by atoms with Crippen molar-refractivity contribution in [2.24, 2.45) is 0 Å². The molecular formula is C11H17N3O. The molecule has 0 atom stereocenters. The average molecular weight is 207 g/mol.